The molecule has 1 aromatic rings. The minimum atomic E-state index is -0.886. The number of rotatable bonds is 5. The summed E-state index contributed by atoms with van der Waals surface area (Å²) in [7, 11) is 3.04. The van der Waals surface area contributed by atoms with Gasteiger partial charge in [0.2, 0.25) is 0 Å². The van der Waals surface area contributed by atoms with Crippen molar-refractivity contribution in [3.05, 3.63) is 23.8 Å². The van der Waals surface area contributed by atoms with Crippen LogP contribution in [0.15, 0.2) is 18.2 Å². The largest absolute Gasteiger partial charge is 0.497 e. The van der Waals surface area contributed by atoms with Crippen molar-refractivity contribution in [3.63, 3.8) is 0 Å². The minimum absolute atomic E-state index is 0.140. The summed E-state index contributed by atoms with van der Waals surface area (Å²) in [6.07, 6.45) is 2.94. The third kappa shape index (κ3) is 3.35. The van der Waals surface area contributed by atoms with Crippen molar-refractivity contribution >= 4 is 11.8 Å². The molecule has 0 amide bonds. The summed E-state index contributed by atoms with van der Waals surface area (Å²) in [5.74, 6) is -1.03. The normalized spacial score (nSPS) is 21.6. The van der Waals surface area contributed by atoms with Gasteiger partial charge in [-0.2, -0.15) is 0 Å². The molecule has 5 nitrogen and oxygen atoms in total. The third-order valence-electron chi connectivity index (χ3n) is 4.06. The molecule has 21 heavy (non-hydrogen) atoms. The van der Waals surface area contributed by atoms with Crippen molar-refractivity contribution in [2.75, 3.05) is 14.2 Å². The summed E-state index contributed by atoms with van der Waals surface area (Å²) in [5.41, 5.74) is 0.448. The molecule has 0 aliphatic heterocycles. The van der Waals surface area contributed by atoms with Gasteiger partial charge in [0.05, 0.1) is 20.1 Å². The predicted molar refractivity (Wildman–Crippen MR) is 77.0 cm³/mol. The van der Waals surface area contributed by atoms with Crippen molar-refractivity contribution in [3.8, 4) is 11.5 Å². The summed E-state index contributed by atoms with van der Waals surface area (Å²) >= 11 is 0. The number of carboxylic acids is 1. The smallest absolute Gasteiger partial charge is 0.307 e. The minimum Gasteiger partial charge on any atom is -0.497 e. The maximum absolute atomic E-state index is 12.7. The highest BCUT2D eigenvalue weighted by Crippen LogP contribution is 2.34. The fraction of sp³-hybridized carbons (Fsp3) is 0.500. The number of carbonyl (C=O) groups excluding carboxylic acids is 1. The van der Waals surface area contributed by atoms with E-state index in [1.54, 1.807) is 18.2 Å². The average molecular weight is 292 g/mol. The number of ketones is 1. The van der Waals surface area contributed by atoms with Crippen LogP contribution in [0.25, 0.3) is 0 Å². The zero-order valence-corrected chi connectivity index (χ0v) is 12.3. The van der Waals surface area contributed by atoms with Crippen LogP contribution in [-0.2, 0) is 4.79 Å². The quantitative estimate of drug-likeness (QED) is 0.845. The van der Waals surface area contributed by atoms with Crippen molar-refractivity contribution in [1.82, 2.24) is 0 Å². The second-order valence-corrected chi connectivity index (χ2v) is 5.30. The molecule has 1 saturated carbocycles. The van der Waals surface area contributed by atoms with E-state index in [1.807, 2.05) is 0 Å². The Labute approximate surface area is 123 Å². The molecule has 0 aromatic heterocycles. The second kappa shape index (κ2) is 6.61. The molecule has 0 spiro atoms. The van der Waals surface area contributed by atoms with Crippen LogP contribution in [0.2, 0.25) is 0 Å². The Hall–Kier alpha value is -2.04. The molecule has 2 unspecified atom stereocenters. The Morgan fingerprint density at radius 2 is 1.52 bits per heavy atom. The lowest BCUT2D eigenvalue weighted by Gasteiger charge is -2.27. The highest BCUT2D eigenvalue weighted by molar-refractivity contribution is 6.00. The van der Waals surface area contributed by atoms with Gasteiger partial charge in [-0.15, -0.1) is 0 Å². The maximum atomic E-state index is 12.7. The lowest BCUT2D eigenvalue weighted by molar-refractivity contribution is -0.144. The number of methoxy groups -OCH3 is 2. The van der Waals surface area contributed by atoms with E-state index in [0.29, 0.717) is 29.9 Å². The highest BCUT2D eigenvalue weighted by Gasteiger charge is 2.36. The summed E-state index contributed by atoms with van der Waals surface area (Å²) in [6.45, 7) is 0. The maximum Gasteiger partial charge on any atom is 0.307 e. The van der Waals surface area contributed by atoms with Gasteiger partial charge in [0.15, 0.2) is 5.78 Å². The van der Waals surface area contributed by atoms with Gasteiger partial charge in [0.25, 0.3) is 0 Å². The van der Waals surface area contributed by atoms with Crippen LogP contribution in [0.3, 0.4) is 0 Å². The van der Waals surface area contributed by atoms with Crippen molar-refractivity contribution in [2.24, 2.45) is 11.8 Å². The van der Waals surface area contributed by atoms with Crippen LogP contribution >= 0.6 is 0 Å². The predicted octanol–water partition coefficient (Wildman–Crippen LogP) is 2.78. The van der Waals surface area contributed by atoms with E-state index in [0.717, 1.165) is 12.8 Å². The van der Waals surface area contributed by atoms with E-state index in [2.05, 4.69) is 0 Å². The van der Waals surface area contributed by atoms with Gasteiger partial charge < -0.3 is 14.6 Å². The van der Waals surface area contributed by atoms with E-state index in [-0.39, 0.29) is 5.78 Å². The number of benzene rings is 1. The SMILES string of the molecule is COc1cc(OC)cc(C(=O)C2CCCCC2C(=O)O)c1. The van der Waals surface area contributed by atoms with Gasteiger partial charge in [-0.05, 0) is 25.0 Å². The molecular weight excluding hydrogens is 272 g/mol. The summed E-state index contributed by atoms with van der Waals surface area (Å²) in [5, 5.41) is 9.30. The van der Waals surface area contributed by atoms with E-state index < -0.39 is 17.8 Å². The molecule has 1 fully saturated rings. The summed E-state index contributed by atoms with van der Waals surface area (Å²) in [4.78, 5) is 24.0. The van der Waals surface area contributed by atoms with Crippen LogP contribution in [0, 0.1) is 11.8 Å². The monoisotopic (exact) mass is 292 g/mol. The molecule has 2 atom stereocenters. The molecule has 0 heterocycles. The van der Waals surface area contributed by atoms with Crippen LogP contribution in [-0.4, -0.2) is 31.1 Å². The fourth-order valence-electron chi connectivity index (χ4n) is 2.90. The molecule has 1 aliphatic carbocycles. The molecular formula is C16H20O5. The topological polar surface area (TPSA) is 72.8 Å². The van der Waals surface area contributed by atoms with Gasteiger partial charge in [0.1, 0.15) is 11.5 Å². The number of carboxylic acid groups (broad SMARTS) is 1. The molecule has 1 aromatic carbocycles. The molecule has 1 N–H and O–H groups in total. The Kier molecular flexibility index (Phi) is 4.83. The highest BCUT2D eigenvalue weighted by atomic mass is 16.5. The number of carbonyl (C=O) groups is 2. The molecule has 0 bridgehead atoms. The first-order valence-electron chi connectivity index (χ1n) is 7.07. The molecule has 1 aliphatic rings. The summed E-state index contributed by atoms with van der Waals surface area (Å²) in [6, 6.07) is 4.96. The van der Waals surface area contributed by atoms with Crippen molar-refractivity contribution in [2.45, 2.75) is 25.7 Å². The van der Waals surface area contributed by atoms with Crippen LogP contribution in [0.4, 0.5) is 0 Å². The standard InChI is InChI=1S/C16H20O5/c1-20-11-7-10(8-12(9-11)21-2)15(17)13-5-3-4-6-14(13)16(18)19/h7-9,13-14H,3-6H2,1-2H3,(H,18,19). The van der Waals surface area contributed by atoms with Gasteiger partial charge in [-0.1, -0.05) is 12.8 Å². The van der Waals surface area contributed by atoms with Crippen LogP contribution in [0.1, 0.15) is 36.0 Å². The van der Waals surface area contributed by atoms with E-state index >= 15 is 0 Å². The molecule has 2 rings (SSSR count). The van der Waals surface area contributed by atoms with Gasteiger partial charge in [-0.25, -0.2) is 0 Å². The zero-order valence-electron chi connectivity index (χ0n) is 12.3. The Balaban J connectivity index is 2.31. The second-order valence-electron chi connectivity index (χ2n) is 5.30. The number of ether oxygens (including phenoxy) is 2. The molecule has 114 valence electrons. The lowest BCUT2D eigenvalue weighted by Crippen LogP contribution is -2.32. The Bertz CT molecular complexity index is 515. The molecule has 5 heteroatoms. The molecule has 0 radical (unpaired) electrons. The first-order chi connectivity index (χ1) is 10.1. The first-order valence-corrected chi connectivity index (χ1v) is 7.07. The Morgan fingerprint density at radius 1 is 1.00 bits per heavy atom. The van der Waals surface area contributed by atoms with Gasteiger partial charge >= 0.3 is 5.97 Å². The average Bonchev–Trinajstić information content (AvgIpc) is 2.53. The number of Topliss-reactive ketones (excluding diaryl/α,β-unsaturated/α-hetero) is 1. The van der Waals surface area contributed by atoms with Crippen LogP contribution in [0.5, 0.6) is 11.5 Å². The lowest BCUT2D eigenvalue weighted by atomic mass is 9.75. The number of hydrogen-bond donors (Lipinski definition) is 1. The first kappa shape index (κ1) is 15.4. The van der Waals surface area contributed by atoms with E-state index in [4.69, 9.17) is 9.47 Å². The zero-order chi connectivity index (χ0) is 15.4. The van der Waals surface area contributed by atoms with Gasteiger partial charge in [0, 0.05) is 17.5 Å². The number of aliphatic carboxylic acids is 1. The van der Waals surface area contributed by atoms with E-state index in [1.165, 1.54) is 14.2 Å². The molecule has 0 saturated heterocycles. The number of hydrogen-bond acceptors (Lipinski definition) is 4. The fourth-order valence-corrected chi connectivity index (χ4v) is 2.90. The summed E-state index contributed by atoms with van der Waals surface area (Å²) < 4.78 is 10.3. The Morgan fingerprint density at radius 3 is 2.00 bits per heavy atom. The van der Waals surface area contributed by atoms with Crippen molar-refractivity contribution in [1.29, 1.82) is 0 Å². The third-order valence-corrected chi connectivity index (χ3v) is 4.06. The van der Waals surface area contributed by atoms with Gasteiger partial charge in [-0.3, -0.25) is 9.59 Å². The van der Waals surface area contributed by atoms with E-state index in [9.17, 15) is 14.7 Å². The van der Waals surface area contributed by atoms with Crippen molar-refractivity contribution < 1.29 is 24.2 Å². The van der Waals surface area contributed by atoms with Crippen LogP contribution < -0.4 is 9.47 Å².